The molecule has 0 heterocycles. The van der Waals surface area contributed by atoms with E-state index in [4.69, 9.17) is 9.84 Å². The van der Waals surface area contributed by atoms with E-state index in [1.165, 1.54) is 0 Å². The van der Waals surface area contributed by atoms with Gasteiger partial charge in [0, 0.05) is 6.04 Å². The van der Waals surface area contributed by atoms with E-state index in [2.05, 4.69) is 0 Å². The smallest absolute Gasteiger partial charge is 0.317 e. The third kappa shape index (κ3) is 4.90. The first-order chi connectivity index (χ1) is 10.5. The van der Waals surface area contributed by atoms with Crippen molar-refractivity contribution in [1.82, 2.24) is 4.90 Å². The van der Waals surface area contributed by atoms with Gasteiger partial charge >= 0.3 is 5.97 Å². The highest BCUT2D eigenvalue weighted by molar-refractivity contribution is 5.69. The molecule has 0 bridgehead atoms. The fraction of sp³-hybridized carbons (Fsp3) is 0.278. The van der Waals surface area contributed by atoms with Crippen molar-refractivity contribution in [3.63, 3.8) is 0 Å². The molecule has 0 aliphatic carbocycles. The number of hydrogen-bond donors (Lipinski definition) is 1. The Kier molecular flexibility index (Phi) is 5.55. The van der Waals surface area contributed by atoms with Gasteiger partial charge in [-0.2, -0.15) is 0 Å². The zero-order valence-electron chi connectivity index (χ0n) is 12.9. The van der Waals surface area contributed by atoms with Gasteiger partial charge in [0.1, 0.15) is 11.5 Å². The third-order valence-electron chi connectivity index (χ3n) is 3.57. The van der Waals surface area contributed by atoms with Crippen LogP contribution in [0, 0.1) is 0 Å². The summed E-state index contributed by atoms with van der Waals surface area (Å²) in [5, 5.41) is 8.82. The minimum Gasteiger partial charge on any atom is -0.480 e. The molecule has 0 amide bonds. The molecule has 0 saturated heterocycles. The summed E-state index contributed by atoms with van der Waals surface area (Å²) in [6, 6.07) is 17.7. The maximum Gasteiger partial charge on any atom is 0.317 e. The number of carboxylic acids is 1. The zero-order valence-corrected chi connectivity index (χ0v) is 12.9. The molecule has 0 aliphatic heterocycles. The fourth-order valence-corrected chi connectivity index (χ4v) is 2.18. The lowest BCUT2D eigenvalue weighted by Gasteiger charge is -2.22. The van der Waals surface area contributed by atoms with Gasteiger partial charge in [-0.05, 0) is 50.2 Å². The highest BCUT2D eigenvalue weighted by Gasteiger charge is 2.12. The Hall–Kier alpha value is -2.33. The molecule has 116 valence electrons. The van der Waals surface area contributed by atoms with Crippen molar-refractivity contribution in [1.29, 1.82) is 0 Å². The SMILES string of the molecule is C[C@H](Cc1ccc(Oc2ccccc2)cc1)N(C)CC(=O)O. The number of likely N-dealkylation sites (N-methyl/N-ethyl adjacent to an activating group) is 1. The van der Waals surface area contributed by atoms with Gasteiger partial charge in [-0.25, -0.2) is 0 Å². The molecule has 0 aromatic heterocycles. The summed E-state index contributed by atoms with van der Waals surface area (Å²) in [6.07, 6.45) is 0.801. The molecular weight excluding hydrogens is 278 g/mol. The van der Waals surface area contributed by atoms with Gasteiger partial charge in [0.15, 0.2) is 0 Å². The summed E-state index contributed by atoms with van der Waals surface area (Å²) < 4.78 is 5.75. The Bertz CT molecular complexity index is 595. The van der Waals surface area contributed by atoms with E-state index in [1.54, 1.807) is 0 Å². The van der Waals surface area contributed by atoms with Crippen molar-refractivity contribution in [3.8, 4) is 11.5 Å². The first-order valence-electron chi connectivity index (χ1n) is 7.28. The predicted molar refractivity (Wildman–Crippen MR) is 86.4 cm³/mol. The van der Waals surface area contributed by atoms with Crippen LogP contribution in [-0.2, 0) is 11.2 Å². The quantitative estimate of drug-likeness (QED) is 0.851. The second-order valence-electron chi connectivity index (χ2n) is 5.42. The molecule has 0 unspecified atom stereocenters. The van der Waals surface area contributed by atoms with Crippen LogP contribution in [0.25, 0.3) is 0 Å². The van der Waals surface area contributed by atoms with Gasteiger partial charge < -0.3 is 9.84 Å². The molecule has 0 radical (unpaired) electrons. The number of rotatable bonds is 7. The lowest BCUT2D eigenvalue weighted by atomic mass is 10.1. The molecule has 0 aliphatic rings. The molecule has 1 N–H and O–H groups in total. The number of nitrogens with zero attached hydrogens (tertiary/aromatic N) is 1. The Morgan fingerprint density at radius 3 is 2.27 bits per heavy atom. The van der Waals surface area contributed by atoms with Gasteiger partial charge in [0.05, 0.1) is 6.54 Å². The van der Waals surface area contributed by atoms with Gasteiger partial charge in [-0.15, -0.1) is 0 Å². The molecular formula is C18H21NO3. The lowest BCUT2D eigenvalue weighted by molar-refractivity contribution is -0.138. The van der Waals surface area contributed by atoms with Crippen molar-refractivity contribution < 1.29 is 14.6 Å². The molecule has 4 nitrogen and oxygen atoms in total. The number of ether oxygens (including phenoxy) is 1. The van der Waals surface area contributed by atoms with Crippen LogP contribution in [0.2, 0.25) is 0 Å². The molecule has 2 aromatic rings. The molecule has 0 spiro atoms. The number of aliphatic carboxylic acids is 1. The number of carbonyl (C=O) groups is 1. The highest BCUT2D eigenvalue weighted by Crippen LogP contribution is 2.21. The minimum atomic E-state index is -0.805. The van der Waals surface area contributed by atoms with E-state index < -0.39 is 5.97 Å². The minimum absolute atomic E-state index is 0.0520. The lowest BCUT2D eigenvalue weighted by Crippen LogP contribution is -2.35. The second-order valence-corrected chi connectivity index (χ2v) is 5.42. The third-order valence-corrected chi connectivity index (χ3v) is 3.57. The fourth-order valence-electron chi connectivity index (χ4n) is 2.18. The number of benzene rings is 2. The molecule has 0 saturated carbocycles. The van der Waals surface area contributed by atoms with Gasteiger partial charge in [0.25, 0.3) is 0 Å². The van der Waals surface area contributed by atoms with Crippen LogP contribution in [0.4, 0.5) is 0 Å². The number of para-hydroxylation sites is 1. The Labute approximate surface area is 131 Å². The van der Waals surface area contributed by atoms with Crippen molar-refractivity contribution >= 4 is 5.97 Å². The predicted octanol–water partition coefficient (Wildman–Crippen LogP) is 3.43. The molecule has 1 atom stereocenters. The summed E-state index contributed by atoms with van der Waals surface area (Å²) in [6.45, 7) is 2.08. The second kappa shape index (κ2) is 7.61. The van der Waals surface area contributed by atoms with Crippen LogP contribution in [0.15, 0.2) is 54.6 Å². The van der Waals surface area contributed by atoms with Crippen molar-refractivity contribution in [2.45, 2.75) is 19.4 Å². The van der Waals surface area contributed by atoms with Crippen LogP contribution in [0.5, 0.6) is 11.5 Å². The molecule has 0 fully saturated rings. The Balaban J connectivity index is 1.93. The largest absolute Gasteiger partial charge is 0.480 e. The molecule has 2 rings (SSSR count). The Morgan fingerprint density at radius 1 is 1.09 bits per heavy atom. The monoisotopic (exact) mass is 299 g/mol. The summed E-state index contributed by atoms with van der Waals surface area (Å²) in [5.74, 6) is 0.798. The van der Waals surface area contributed by atoms with E-state index in [9.17, 15) is 4.79 Å². The maximum absolute atomic E-state index is 10.7. The van der Waals surface area contributed by atoms with Crippen LogP contribution in [0.1, 0.15) is 12.5 Å². The maximum atomic E-state index is 10.7. The molecule has 22 heavy (non-hydrogen) atoms. The van der Waals surface area contributed by atoms with Crippen molar-refractivity contribution in [2.24, 2.45) is 0 Å². The summed E-state index contributed by atoms with van der Waals surface area (Å²) in [5.41, 5.74) is 1.16. The van der Waals surface area contributed by atoms with Gasteiger partial charge in [-0.1, -0.05) is 30.3 Å². The van der Waals surface area contributed by atoms with Crippen molar-refractivity contribution in [2.75, 3.05) is 13.6 Å². The first-order valence-corrected chi connectivity index (χ1v) is 7.28. The Morgan fingerprint density at radius 2 is 1.68 bits per heavy atom. The normalized spacial score (nSPS) is 12.1. The summed E-state index contributed by atoms with van der Waals surface area (Å²) in [7, 11) is 1.83. The summed E-state index contributed by atoms with van der Waals surface area (Å²) in [4.78, 5) is 12.6. The summed E-state index contributed by atoms with van der Waals surface area (Å²) >= 11 is 0. The van der Waals surface area contributed by atoms with E-state index in [0.29, 0.717) is 0 Å². The van der Waals surface area contributed by atoms with E-state index in [0.717, 1.165) is 23.5 Å². The highest BCUT2D eigenvalue weighted by atomic mass is 16.5. The average Bonchev–Trinajstić information content (AvgIpc) is 2.49. The van der Waals surface area contributed by atoms with Crippen LogP contribution in [0.3, 0.4) is 0 Å². The number of carboxylic acid groups (broad SMARTS) is 1. The van der Waals surface area contributed by atoms with Crippen LogP contribution in [-0.4, -0.2) is 35.6 Å². The topological polar surface area (TPSA) is 49.8 Å². The standard InChI is InChI=1S/C18H21NO3/c1-14(19(2)13-18(20)21)12-15-8-10-17(11-9-15)22-16-6-4-3-5-7-16/h3-11,14H,12-13H2,1-2H3,(H,20,21)/t14-/m1/s1. The van der Waals surface area contributed by atoms with Crippen molar-refractivity contribution in [3.05, 3.63) is 60.2 Å². The van der Waals surface area contributed by atoms with E-state index in [-0.39, 0.29) is 12.6 Å². The van der Waals surface area contributed by atoms with E-state index in [1.807, 2.05) is 73.5 Å². The van der Waals surface area contributed by atoms with Crippen LogP contribution < -0.4 is 4.74 Å². The van der Waals surface area contributed by atoms with Gasteiger partial charge in [-0.3, -0.25) is 9.69 Å². The average molecular weight is 299 g/mol. The van der Waals surface area contributed by atoms with E-state index >= 15 is 0 Å². The van der Waals surface area contributed by atoms with Gasteiger partial charge in [0.2, 0.25) is 0 Å². The molecule has 2 aromatic carbocycles. The van der Waals surface area contributed by atoms with Crippen LogP contribution >= 0.6 is 0 Å². The molecule has 4 heteroatoms. The zero-order chi connectivity index (χ0) is 15.9. The number of hydrogen-bond acceptors (Lipinski definition) is 3. The first kappa shape index (κ1) is 16.0.